The summed E-state index contributed by atoms with van der Waals surface area (Å²) in [6, 6.07) is 2.65. The predicted molar refractivity (Wildman–Crippen MR) is 99.8 cm³/mol. The first-order valence-electron chi connectivity index (χ1n) is 8.76. The molecule has 8 heteroatoms. The molecule has 0 aliphatic heterocycles. The molecule has 1 atom stereocenters. The zero-order valence-corrected chi connectivity index (χ0v) is 16.7. The first kappa shape index (κ1) is 23.2. The summed E-state index contributed by atoms with van der Waals surface area (Å²) < 4.78 is 51.5. The summed E-state index contributed by atoms with van der Waals surface area (Å²) in [6.45, 7) is 7.14. The summed E-state index contributed by atoms with van der Waals surface area (Å²) in [6.07, 6.45) is -3.35. The Balaban J connectivity index is 3.37. The Kier molecular flexibility index (Phi) is 8.10. The summed E-state index contributed by atoms with van der Waals surface area (Å²) in [5.41, 5.74) is -2.62. The number of hydrogen-bond acceptors (Lipinski definition) is 4. The molecule has 0 fully saturated rings. The predicted octanol–water partition coefficient (Wildman–Crippen LogP) is 4.04. The van der Waals surface area contributed by atoms with E-state index in [1.54, 1.807) is 13.3 Å². The monoisotopic (exact) mass is 390 g/mol. The van der Waals surface area contributed by atoms with E-state index in [-0.39, 0.29) is 23.8 Å². The van der Waals surface area contributed by atoms with Crippen molar-refractivity contribution < 1.29 is 27.8 Å². The van der Waals surface area contributed by atoms with Crippen LogP contribution in [0.5, 0.6) is 5.75 Å². The van der Waals surface area contributed by atoms with E-state index in [1.807, 2.05) is 32.7 Å². The van der Waals surface area contributed by atoms with Crippen molar-refractivity contribution in [2.24, 2.45) is 10.9 Å². The maximum absolute atomic E-state index is 13.7. The average molecular weight is 390 g/mol. The average Bonchev–Trinajstić information content (AvgIpc) is 2.58. The Morgan fingerprint density at radius 1 is 1.30 bits per heavy atom. The van der Waals surface area contributed by atoms with Crippen molar-refractivity contribution in [2.75, 3.05) is 33.9 Å². The first-order chi connectivity index (χ1) is 12.5. The van der Waals surface area contributed by atoms with Gasteiger partial charge < -0.3 is 19.5 Å². The number of benzene rings is 1. The summed E-state index contributed by atoms with van der Waals surface area (Å²) >= 11 is 0. The van der Waals surface area contributed by atoms with Crippen molar-refractivity contribution in [3.63, 3.8) is 0 Å². The lowest BCUT2D eigenvalue weighted by molar-refractivity contribution is -0.283. The molecule has 0 amide bonds. The number of aliphatic imine (C=N–C) groups is 1. The van der Waals surface area contributed by atoms with Crippen LogP contribution in [0.3, 0.4) is 0 Å². The van der Waals surface area contributed by atoms with E-state index in [2.05, 4.69) is 4.99 Å². The number of nitrogens with zero attached hydrogens (tertiary/aromatic N) is 2. The minimum absolute atomic E-state index is 0.0402. The molecule has 5 nitrogen and oxygen atoms in total. The quantitative estimate of drug-likeness (QED) is 0.511. The van der Waals surface area contributed by atoms with Gasteiger partial charge in [-0.2, -0.15) is 13.2 Å². The van der Waals surface area contributed by atoms with Gasteiger partial charge in [-0.25, -0.2) is 4.99 Å². The highest BCUT2D eigenvalue weighted by atomic mass is 19.4. The Morgan fingerprint density at radius 2 is 1.93 bits per heavy atom. The van der Waals surface area contributed by atoms with Crippen molar-refractivity contribution in [2.45, 2.75) is 39.5 Å². The topological polar surface area (TPSA) is 54.3 Å². The minimum Gasteiger partial charge on any atom is -0.496 e. The van der Waals surface area contributed by atoms with Gasteiger partial charge >= 0.3 is 6.18 Å². The number of hydrogen-bond donors (Lipinski definition) is 1. The minimum atomic E-state index is -4.93. The Morgan fingerprint density at radius 3 is 2.41 bits per heavy atom. The number of rotatable bonds is 9. The fraction of sp³-hybridized carbons (Fsp3) is 0.632. The first-order valence-corrected chi connectivity index (χ1v) is 8.76. The van der Waals surface area contributed by atoms with Gasteiger partial charge in [-0.3, -0.25) is 0 Å². The number of aryl methyl sites for hydroxylation is 1. The molecule has 0 aromatic heterocycles. The summed E-state index contributed by atoms with van der Waals surface area (Å²) in [5, 5.41) is 10.5. The van der Waals surface area contributed by atoms with Gasteiger partial charge in [0.25, 0.3) is 0 Å². The van der Waals surface area contributed by atoms with Gasteiger partial charge in [-0.15, -0.1) is 0 Å². The Bertz CT molecular complexity index is 648. The molecule has 0 heterocycles. The highest BCUT2D eigenvalue weighted by Gasteiger charge is 2.56. The van der Waals surface area contributed by atoms with E-state index in [4.69, 9.17) is 9.47 Å². The molecule has 1 aromatic rings. The van der Waals surface area contributed by atoms with Crippen LogP contribution in [-0.4, -0.2) is 56.4 Å². The molecule has 0 aliphatic rings. The lowest BCUT2D eigenvalue weighted by Gasteiger charge is -2.32. The molecule has 1 N–H and O–H groups in total. The molecule has 27 heavy (non-hydrogen) atoms. The number of alkyl halides is 3. The van der Waals surface area contributed by atoms with Crippen molar-refractivity contribution in [3.05, 3.63) is 23.3 Å². The van der Waals surface area contributed by atoms with Gasteiger partial charge in [0.15, 0.2) is 0 Å². The highest BCUT2D eigenvalue weighted by Crippen LogP contribution is 2.45. The highest BCUT2D eigenvalue weighted by molar-refractivity contribution is 5.65. The second-order valence-electron chi connectivity index (χ2n) is 6.92. The second-order valence-corrected chi connectivity index (χ2v) is 6.92. The van der Waals surface area contributed by atoms with Crippen LogP contribution in [-0.2, 0) is 10.3 Å². The molecule has 0 aliphatic carbocycles. The van der Waals surface area contributed by atoms with E-state index >= 15 is 0 Å². The normalized spacial score (nSPS) is 14.6. The lowest BCUT2D eigenvalue weighted by Crippen LogP contribution is -2.46. The van der Waals surface area contributed by atoms with E-state index in [1.165, 1.54) is 19.2 Å². The van der Waals surface area contributed by atoms with Crippen LogP contribution in [0.25, 0.3) is 0 Å². The van der Waals surface area contributed by atoms with E-state index in [0.29, 0.717) is 11.3 Å². The van der Waals surface area contributed by atoms with E-state index < -0.39 is 18.4 Å². The van der Waals surface area contributed by atoms with Crippen LogP contribution in [0, 0.1) is 12.8 Å². The third kappa shape index (κ3) is 5.84. The van der Waals surface area contributed by atoms with Crippen molar-refractivity contribution in [3.8, 4) is 5.75 Å². The zero-order valence-electron chi connectivity index (χ0n) is 16.7. The fourth-order valence-corrected chi connectivity index (χ4v) is 2.31. The van der Waals surface area contributed by atoms with E-state index in [0.717, 1.165) is 6.54 Å². The molecule has 0 spiro atoms. The Hall–Kier alpha value is -1.80. The molecule has 0 radical (unpaired) electrons. The number of methoxy groups -OCH3 is 1. The number of halogens is 3. The number of aliphatic hydroxyl groups is 1. The molecule has 0 bridgehead atoms. The lowest BCUT2D eigenvalue weighted by atomic mass is 9.91. The molecule has 1 aromatic carbocycles. The molecule has 0 saturated carbocycles. The van der Waals surface area contributed by atoms with Crippen LogP contribution in [0.4, 0.5) is 18.9 Å². The third-order valence-corrected chi connectivity index (χ3v) is 4.09. The largest absolute Gasteiger partial charge is 0.496 e. The van der Waals surface area contributed by atoms with Crippen LogP contribution in [0.1, 0.15) is 31.9 Å². The van der Waals surface area contributed by atoms with Gasteiger partial charge in [0.1, 0.15) is 5.75 Å². The van der Waals surface area contributed by atoms with Gasteiger partial charge in [-0.1, -0.05) is 13.8 Å². The van der Waals surface area contributed by atoms with Gasteiger partial charge in [0, 0.05) is 31.8 Å². The summed E-state index contributed by atoms with van der Waals surface area (Å²) in [5.74, 6) is -0.0572. The summed E-state index contributed by atoms with van der Waals surface area (Å²) in [4.78, 5) is 6.11. The maximum Gasteiger partial charge on any atom is 0.423 e. The van der Waals surface area contributed by atoms with Crippen molar-refractivity contribution in [1.29, 1.82) is 0 Å². The van der Waals surface area contributed by atoms with Crippen molar-refractivity contribution >= 4 is 12.0 Å². The number of ether oxygens (including phenoxy) is 2. The molecular weight excluding hydrogens is 361 g/mol. The molecular formula is C19H29F3N2O3. The van der Waals surface area contributed by atoms with Crippen LogP contribution < -0.4 is 4.74 Å². The maximum atomic E-state index is 13.7. The van der Waals surface area contributed by atoms with Gasteiger partial charge in [0.2, 0.25) is 5.60 Å². The van der Waals surface area contributed by atoms with Crippen LogP contribution in [0.15, 0.2) is 17.1 Å². The molecule has 154 valence electrons. The van der Waals surface area contributed by atoms with Crippen LogP contribution in [0.2, 0.25) is 0 Å². The third-order valence-electron chi connectivity index (χ3n) is 4.09. The smallest absolute Gasteiger partial charge is 0.423 e. The molecule has 1 rings (SSSR count). The van der Waals surface area contributed by atoms with Crippen LogP contribution >= 0.6 is 0 Å². The van der Waals surface area contributed by atoms with Gasteiger partial charge in [-0.05, 0) is 31.4 Å². The van der Waals surface area contributed by atoms with Gasteiger partial charge in [0.05, 0.1) is 25.7 Å². The fourth-order valence-electron chi connectivity index (χ4n) is 2.31. The van der Waals surface area contributed by atoms with E-state index in [9.17, 15) is 18.3 Å². The SMILES string of the molecule is CCN(C)C=Nc1cc(OC)c(C(O)(COCC(C)C)C(F)(F)F)cc1C. The molecule has 0 saturated heterocycles. The Labute approximate surface area is 158 Å². The van der Waals surface area contributed by atoms with Crippen molar-refractivity contribution in [1.82, 2.24) is 4.90 Å². The zero-order chi connectivity index (χ0) is 20.8. The standard InChI is InChI=1S/C19H29F3N2O3/c1-7-24(5)12-23-16-9-17(26-6)15(8-14(16)4)18(25,19(20,21)22)11-27-10-13(2)3/h8-9,12-13,25H,7,10-11H2,1-6H3. The summed E-state index contributed by atoms with van der Waals surface area (Å²) in [7, 11) is 3.09. The second kappa shape index (κ2) is 9.41. The molecule has 1 unspecified atom stereocenters.